The number of nitrogens with zero attached hydrogens (tertiary/aromatic N) is 2. The standard InChI is InChI=1S/C9H11BrFN3O4/c10-9(11)6(16)4(3-15)18-7(9)14-2-1-5(12)13-8(14)17/h1-2,4,6-7,15-16H,3H2,(H2,12,13,17)/t4-,6+,7-,9?/m1/s1. The molecule has 0 saturated carbocycles. The van der Waals surface area contributed by atoms with Crippen molar-refractivity contribution in [2.24, 2.45) is 0 Å². The average Bonchev–Trinajstić information content (AvgIpc) is 2.52. The van der Waals surface area contributed by atoms with Crippen molar-refractivity contribution in [3.8, 4) is 0 Å². The van der Waals surface area contributed by atoms with Crippen molar-refractivity contribution < 1.29 is 19.3 Å². The number of hydrogen-bond acceptors (Lipinski definition) is 6. The topological polar surface area (TPSA) is 111 Å². The Morgan fingerprint density at radius 3 is 2.89 bits per heavy atom. The first-order chi connectivity index (χ1) is 8.37. The van der Waals surface area contributed by atoms with E-state index in [1.54, 1.807) is 0 Å². The molecule has 1 aliphatic rings. The zero-order valence-corrected chi connectivity index (χ0v) is 10.6. The highest BCUT2D eigenvalue weighted by atomic mass is 79.9. The lowest BCUT2D eigenvalue weighted by molar-refractivity contribution is -0.0506. The van der Waals surface area contributed by atoms with E-state index >= 15 is 0 Å². The molecule has 0 bridgehead atoms. The molecule has 0 aromatic carbocycles. The molecule has 1 aromatic rings. The molecular formula is C9H11BrFN3O4. The summed E-state index contributed by atoms with van der Waals surface area (Å²) in [4.78, 5) is 15.0. The van der Waals surface area contributed by atoms with Gasteiger partial charge in [-0.2, -0.15) is 4.98 Å². The maximum atomic E-state index is 14.3. The van der Waals surface area contributed by atoms with E-state index in [-0.39, 0.29) is 5.82 Å². The molecule has 1 aliphatic heterocycles. The van der Waals surface area contributed by atoms with Gasteiger partial charge in [0.15, 0.2) is 6.23 Å². The summed E-state index contributed by atoms with van der Waals surface area (Å²) < 4.78 is 17.8. The van der Waals surface area contributed by atoms with Gasteiger partial charge in [-0.3, -0.25) is 4.57 Å². The number of nitrogens with two attached hydrogens (primary N) is 1. The summed E-state index contributed by atoms with van der Waals surface area (Å²) in [5, 5.41) is 18.6. The predicted molar refractivity (Wildman–Crippen MR) is 62.7 cm³/mol. The fourth-order valence-electron chi connectivity index (χ4n) is 1.72. The van der Waals surface area contributed by atoms with E-state index in [0.717, 1.165) is 4.57 Å². The molecule has 1 fully saturated rings. The van der Waals surface area contributed by atoms with Crippen molar-refractivity contribution in [1.29, 1.82) is 0 Å². The molecule has 2 rings (SSSR count). The number of aliphatic hydroxyl groups excluding tert-OH is 2. The summed E-state index contributed by atoms with van der Waals surface area (Å²) in [6.45, 7) is -0.577. The van der Waals surface area contributed by atoms with E-state index in [4.69, 9.17) is 15.6 Å². The molecule has 2 heterocycles. The van der Waals surface area contributed by atoms with Crippen LogP contribution in [-0.2, 0) is 4.74 Å². The Morgan fingerprint density at radius 1 is 1.72 bits per heavy atom. The third-order valence-corrected chi connectivity index (χ3v) is 3.52. The summed E-state index contributed by atoms with van der Waals surface area (Å²) in [7, 11) is 0. The van der Waals surface area contributed by atoms with Gasteiger partial charge in [0.2, 0.25) is 4.58 Å². The lowest BCUT2D eigenvalue weighted by Gasteiger charge is -2.22. The van der Waals surface area contributed by atoms with Crippen LogP contribution in [0.2, 0.25) is 0 Å². The zero-order valence-electron chi connectivity index (χ0n) is 9.03. The van der Waals surface area contributed by atoms with E-state index in [1.165, 1.54) is 12.3 Å². The fraction of sp³-hybridized carbons (Fsp3) is 0.556. The maximum absolute atomic E-state index is 14.3. The molecule has 0 aliphatic carbocycles. The van der Waals surface area contributed by atoms with Crippen molar-refractivity contribution >= 4 is 21.7 Å². The van der Waals surface area contributed by atoms with Gasteiger partial charge in [0.1, 0.15) is 18.0 Å². The Hall–Kier alpha value is -1.03. The monoisotopic (exact) mass is 323 g/mol. The Balaban J connectivity index is 2.42. The quantitative estimate of drug-likeness (QED) is 0.611. The second-order valence-corrected chi connectivity index (χ2v) is 5.09. The van der Waals surface area contributed by atoms with Gasteiger partial charge in [0, 0.05) is 6.20 Å². The minimum Gasteiger partial charge on any atom is -0.394 e. The Morgan fingerprint density at radius 2 is 2.39 bits per heavy atom. The predicted octanol–water partition coefficient (Wildman–Crippen LogP) is -0.863. The van der Waals surface area contributed by atoms with Gasteiger partial charge >= 0.3 is 5.69 Å². The van der Waals surface area contributed by atoms with Gasteiger partial charge in [0.05, 0.1) is 6.61 Å². The SMILES string of the molecule is Nc1ccn([C@@H]2O[C@H](CO)[C@H](O)C2(F)Br)c(=O)n1. The molecule has 1 aromatic heterocycles. The smallest absolute Gasteiger partial charge is 0.351 e. The van der Waals surface area contributed by atoms with Gasteiger partial charge in [-0.25, -0.2) is 9.18 Å². The minimum atomic E-state index is -2.40. The van der Waals surface area contributed by atoms with E-state index in [9.17, 15) is 14.3 Å². The first kappa shape index (κ1) is 13.4. The number of halogens is 2. The van der Waals surface area contributed by atoms with Crippen LogP contribution in [0.25, 0.3) is 0 Å². The number of nitrogen functional groups attached to an aromatic ring is 1. The molecule has 9 heteroatoms. The normalized spacial score (nSPS) is 35.9. The molecular weight excluding hydrogens is 313 g/mol. The van der Waals surface area contributed by atoms with E-state index in [0.29, 0.717) is 0 Å². The van der Waals surface area contributed by atoms with Crippen molar-refractivity contribution in [3.63, 3.8) is 0 Å². The summed E-state index contributed by atoms with van der Waals surface area (Å²) in [6.07, 6.45) is -2.98. The Bertz CT molecular complexity index is 509. The van der Waals surface area contributed by atoms with Gasteiger partial charge in [-0.05, 0) is 22.0 Å². The zero-order chi connectivity index (χ0) is 13.5. The van der Waals surface area contributed by atoms with E-state index < -0.39 is 35.3 Å². The van der Waals surface area contributed by atoms with Crippen LogP contribution >= 0.6 is 15.9 Å². The second-order valence-electron chi connectivity index (χ2n) is 3.87. The molecule has 0 spiro atoms. The van der Waals surface area contributed by atoms with E-state index in [1.807, 2.05) is 0 Å². The Kier molecular flexibility index (Phi) is 3.41. The lowest BCUT2D eigenvalue weighted by Crippen LogP contribution is -2.40. The molecule has 100 valence electrons. The largest absolute Gasteiger partial charge is 0.394 e. The van der Waals surface area contributed by atoms with Gasteiger partial charge in [0.25, 0.3) is 0 Å². The maximum Gasteiger partial charge on any atom is 0.351 e. The second kappa shape index (κ2) is 4.57. The van der Waals surface area contributed by atoms with Crippen molar-refractivity contribution in [2.75, 3.05) is 12.3 Å². The Labute approximate surface area is 109 Å². The van der Waals surface area contributed by atoms with Crippen LogP contribution in [0, 0.1) is 0 Å². The lowest BCUT2D eigenvalue weighted by atomic mass is 10.1. The van der Waals surface area contributed by atoms with Gasteiger partial charge < -0.3 is 20.7 Å². The molecule has 4 N–H and O–H groups in total. The third-order valence-electron chi connectivity index (χ3n) is 2.66. The van der Waals surface area contributed by atoms with Crippen LogP contribution in [0.3, 0.4) is 0 Å². The first-order valence-corrected chi connectivity index (χ1v) is 5.84. The molecule has 0 amide bonds. The van der Waals surface area contributed by atoms with Crippen molar-refractivity contribution in [3.05, 3.63) is 22.7 Å². The molecule has 1 unspecified atom stereocenters. The summed E-state index contributed by atoms with van der Waals surface area (Å²) in [5.74, 6) is -0.00691. The number of rotatable bonds is 2. The highest BCUT2D eigenvalue weighted by Gasteiger charge is 2.56. The van der Waals surface area contributed by atoms with Gasteiger partial charge in [-0.1, -0.05) is 0 Å². The average molecular weight is 324 g/mol. The van der Waals surface area contributed by atoms with Crippen LogP contribution < -0.4 is 11.4 Å². The number of ether oxygens (including phenoxy) is 1. The van der Waals surface area contributed by atoms with Crippen molar-refractivity contribution in [2.45, 2.75) is 23.0 Å². The molecule has 4 atom stereocenters. The first-order valence-electron chi connectivity index (χ1n) is 5.04. The summed E-state index contributed by atoms with van der Waals surface area (Å²) >= 11 is 2.67. The minimum absolute atomic E-state index is 0.00691. The van der Waals surface area contributed by atoms with Crippen LogP contribution in [-0.4, -0.2) is 43.2 Å². The highest BCUT2D eigenvalue weighted by molar-refractivity contribution is 9.10. The number of hydrogen-bond donors (Lipinski definition) is 3. The van der Waals surface area contributed by atoms with Crippen LogP contribution in [0.1, 0.15) is 6.23 Å². The highest BCUT2D eigenvalue weighted by Crippen LogP contribution is 2.45. The van der Waals surface area contributed by atoms with Crippen molar-refractivity contribution in [1.82, 2.24) is 9.55 Å². The molecule has 1 saturated heterocycles. The number of aromatic nitrogens is 2. The number of aliphatic hydroxyl groups is 2. The van der Waals surface area contributed by atoms with E-state index in [2.05, 4.69) is 20.9 Å². The molecule has 18 heavy (non-hydrogen) atoms. The third kappa shape index (κ3) is 2.03. The number of anilines is 1. The van der Waals surface area contributed by atoms with Gasteiger partial charge in [-0.15, -0.1) is 0 Å². The van der Waals surface area contributed by atoms with Crippen LogP contribution in [0.15, 0.2) is 17.1 Å². The summed E-state index contributed by atoms with van der Waals surface area (Å²) in [6, 6.07) is 1.30. The molecule has 0 radical (unpaired) electrons. The molecule has 7 nitrogen and oxygen atoms in total. The summed E-state index contributed by atoms with van der Waals surface area (Å²) in [5.41, 5.74) is 4.50. The number of alkyl halides is 2. The van der Waals surface area contributed by atoms with Crippen LogP contribution in [0.4, 0.5) is 10.2 Å². The van der Waals surface area contributed by atoms with Crippen LogP contribution in [0.5, 0.6) is 0 Å². The fourth-order valence-corrected chi connectivity index (χ4v) is 2.35.